The van der Waals surface area contributed by atoms with Crippen molar-refractivity contribution in [2.75, 3.05) is 6.61 Å². The normalized spacial score (nSPS) is 26.0. The van der Waals surface area contributed by atoms with Crippen LogP contribution in [0.3, 0.4) is 0 Å². The molecule has 1 aliphatic heterocycles. The molecule has 0 spiro atoms. The van der Waals surface area contributed by atoms with Crippen molar-refractivity contribution in [2.24, 2.45) is 0 Å². The second-order valence-electron chi connectivity index (χ2n) is 5.49. The van der Waals surface area contributed by atoms with E-state index in [9.17, 15) is 23.3 Å². The van der Waals surface area contributed by atoms with E-state index < -0.39 is 65.9 Å². The van der Waals surface area contributed by atoms with Crippen LogP contribution in [0.25, 0.3) is 0 Å². The van der Waals surface area contributed by atoms with Gasteiger partial charge in [-0.15, -0.1) is 0 Å². The largest absolute Gasteiger partial charge is 0.470 e. The standard InChI is InChI=1S/C9H15N2O15P3/c12-5-1-2-11(9(13)10-5)8-7(26-29(20,21)22)6(25-28(17,18)19)4(24-8)3-23-27(14,15)16/h1-2,4,6-8H,3H2,(H,10,12,13)(H2,14,15,16)(H2,17,18,19)(H2,20,21,22)/t4-,6-,7-,8-/m1/s1. The minimum Gasteiger partial charge on any atom is -0.346 e. The van der Waals surface area contributed by atoms with E-state index in [0.29, 0.717) is 4.57 Å². The first-order valence-corrected chi connectivity index (χ1v) is 11.8. The van der Waals surface area contributed by atoms with Gasteiger partial charge in [0, 0.05) is 12.3 Å². The molecule has 1 aromatic heterocycles. The molecule has 1 fully saturated rings. The third-order valence-electron chi connectivity index (χ3n) is 3.34. The van der Waals surface area contributed by atoms with Crippen molar-refractivity contribution in [2.45, 2.75) is 24.5 Å². The summed E-state index contributed by atoms with van der Waals surface area (Å²) in [6, 6.07) is 0.817. The third-order valence-corrected chi connectivity index (χ3v) is 4.86. The molecule has 17 nitrogen and oxygen atoms in total. The molecule has 0 aliphatic carbocycles. The molecule has 1 aliphatic rings. The van der Waals surface area contributed by atoms with Gasteiger partial charge in [0.25, 0.3) is 5.56 Å². The van der Waals surface area contributed by atoms with Crippen molar-refractivity contribution >= 4 is 23.5 Å². The lowest BCUT2D eigenvalue weighted by Crippen LogP contribution is -2.40. The molecule has 4 atom stereocenters. The fourth-order valence-electron chi connectivity index (χ4n) is 2.42. The van der Waals surface area contributed by atoms with Gasteiger partial charge in [0.05, 0.1) is 6.61 Å². The molecule has 166 valence electrons. The topological polar surface area (TPSA) is 264 Å². The van der Waals surface area contributed by atoms with Crippen molar-refractivity contribution in [3.05, 3.63) is 33.1 Å². The van der Waals surface area contributed by atoms with E-state index in [2.05, 4.69) is 13.6 Å². The lowest BCUT2D eigenvalue weighted by atomic mass is 10.1. The molecule has 0 aromatic carbocycles. The molecule has 20 heteroatoms. The minimum atomic E-state index is -5.37. The van der Waals surface area contributed by atoms with Crippen LogP contribution in [0.2, 0.25) is 0 Å². The van der Waals surface area contributed by atoms with Gasteiger partial charge in [0.1, 0.15) is 18.3 Å². The fraction of sp³-hybridized carbons (Fsp3) is 0.556. The Labute approximate surface area is 159 Å². The van der Waals surface area contributed by atoms with Gasteiger partial charge in [0.15, 0.2) is 6.23 Å². The molecule has 0 saturated carbocycles. The van der Waals surface area contributed by atoms with Crippen molar-refractivity contribution in [3.8, 4) is 0 Å². The van der Waals surface area contributed by atoms with Gasteiger partial charge in [-0.05, 0) is 0 Å². The molecule has 7 N–H and O–H groups in total. The first kappa shape index (κ1) is 24.2. The van der Waals surface area contributed by atoms with Crippen LogP contribution < -0.4 is 11.2 Å². The lowest BCUT2D eigenvalue weighted by Gasteiger charge is -2.25. The Morgan fingerprint density at radius 2 is 1.52 bits per heavy atom. The Hall–Kier alpha value is -1.03. The molecular weight excluding hydrogens is 469 g/mol. The molecule has 0 amide bonds. The van der Waals surface area contributed by atoms with E-state index >= 15 is 0 Å². The molecule has 29 heavy (non-hydrogen) atoms. The van der Waals surface area contributed by atoms with Crippen LogP contribution in [-0.4, -0.2) is 63.8 Å². The summed E-state index contributed by atoms with van der Waals surface area (Å²) in [5.74, 6) is 0. The Kier molecular flexibility index (Phi) is 7.20. The van der Waals surface area contributed by atoms with Gasteiger partial charge in [0.2, 0.25) is 0 Å². The Morgan fingerprint density at radius 1 is 0.966 bits per heavy atom. The van der Waals surface area contributed by atoms with E-state index in [1.165, 1.54) is 0 Å². The van der Waals surface area contributed by atoms with Gasteiger partial charge < -0.3 is 34.1 Å². The van der Waals surface area contributed by atoms with Crippen LogP contribution in [0.5, 0.6) is 0 Å². The highest BCUT2D eigenvalue weighted by atomic mass is 31.2. The second kappa shape index (κ2) is 8.61. The summed E-state index contributed by atoms with van der Waals surface area (Å²) >= 11 is 0. The zero-order valence-electron chi connectivity index (χ0n) is 13.8. The predicted octanol–water partition coefficient (Wildman–Crippen LogP) is -2.50. The maximum atomic E-state index is 12.0. The highest BCUT2D eigenvalue weighted by Gasteiger charge is 2.53. The first-order chi connectivity index (χ1) is 13.1. The predicted molar refractivity (Wildman–Crippen MR) is 87.1 cm³/mol. The van der Waals surface area contributed by atoms with Crippen LogP contribution in [0.1, 0.15) is 6.23 Å². The number of hydrogen-bond acceptors (Lipinski definition) is 9. The SMILES string of the molecule is O=c1ccn([C@@H]2O[C@H](COP(=O)(O)O)[C@@H](OP(=O)(O)O)[C@H]2OP(=O)(O)O)c(=O)[nH]1. The smallest absolute Gasteiger partial charge is 0.346 e. The molecule has 2 rings (SSSR count). The van der Waals surface area contributed by atoms with Crippen molar-refractivity contribution < 1.29 is 61.4 Å². The molecule has 1 saturated heterocycles. The number of phosphoric acid groups is 3. The number of nitrogens with one attached hydrogen (secondary N) is 1. The quantitative estimate of drug-likeness (QED) is 0.188. The zero-order valence-corrected chi connectivity index (χ0v) is 16.5. The van der Waals surface area contributed by atoms with Crippen molar-refractivity contribution in [1.29, 1.82) is 0 Å². The van der Waals surface area contributed by atoms with Gasteiger partial charge in [-0.3, -0.25) is 27.9 Å². The van der Waals surface area contributed by atoms with Crippen molar-refractivity contribution in [3.63, 3.8) is 0 Å². The van der Waals surface area contributed by atoms with Gasteiger partial charge in [-0.1, -0.05) is 0 Å². The number of H-pyrrole nitrogens is 1. The highest BCUT2D eigenvalue weighted by Crippen LogP contribution is 2.50. The Balaban J connectivity index is 2.50. The molecule has 0 bridgehead atoms. The average molecular weight is 484 g/mol. The number of nitrogens with zero attached hydrogens (tertiary/aromatic N) is 1. The summed E-state index contributed by atoms with van der Waals surface area (Å²) < 4.78 is 52.3. The van der Waals surface area contributed by atoms with Crippen LogP contribution in [0.15, 0.2) is 21.9 Å². The van der Waals surface area contributed by atoms with E-state index in [-0.39, 0.29) is 0 Å². The minimum absolute atomic E-state index is 0.551. The Morgan fingerprint density at radius 3 is 2.00 bits per heavy atom. The summed E-state index contributed by atoms with van der Waals surface area (Å²) in [6.45, 7) is -1.08. The maximum absolute atomic E-state index is 12.0. The molecule has 2 heterocycles. The summed E-state index contributed by atoms with van der Waals surface area (Å²) in [5, 5.41) is 0. The molecule has 0 radical (unpaired) electrons. The van der Waals surface area contributed by atoms with Crippen LogP contribution >= 0.6 is 23.5 Å². The van der Waals surface area contributed by atoms with Crippen LogP contribution in [0, 0.1) is 0 Å². The summed E-state index contributed by atoms with van der Waals surface area (Å²) in [5.41, 5.74) is -2.01. The molecular formula is C9H15N2O15P3. The van der Waals surface area contributed by atoms with Gasteiger partial charge >= 0.3 is 29.2 Å². The summed E-state index contributed by atoms with van der Waals surface area (Å²) in [7, 11) is -15.8. The number of aromatic amines is 1. The van der Waals surface area contributed by atoms with E-state index in [4.69, 9.17) is 34.1 Å². The monoisotopic (exact) mass is 484 g/mol. The summed E-state index contributed by atoms with van der Waals surface area (Å²) in [4.78, 5) is 78.9. The number of phosphoric ester groups is 3. The number of hydrogen-bond donors (Lipinski definition) is 7. The number of ether oxygens (including phenoxy) is 1. The molecule has 0 unspecified atom stereocenters. The average Bonchev–Trinajstić information content (AvgIpc) is 2.79. The second-order valence-corrected chi connectivity index (χ2v) is 9.11. The summed E-state index contributed by atoms with van der Waals surface area (Å²) in [6.07, 6.45) is -6.97. The van der Waals surface area contributed by atoms with Gasteiger partial charge in [-0.2, -0.15) is 0 Å². The van der Waals surface area contributed by atoms with E-state index in [1.807, 2.05) is 0 Å². The van der Waals surface area contributed by atoms with Crippen molar-refractivity contribution in [1.82, 2.24) is 9.55 Å². The first-order valence-electron chi connectivity index (χ1n) is 7.21. The van der Waals surface area contributed by atoms with Crippen LogP contribution in [0.4, 0.5) is 0 Å². The third kappa shape index (κ3) is 7.31. The fourth-order valence-corrected chi connectivity index (χ4v) is 3.88. The Bertz CT molecular complexity index is 985. The van der Waals surface area contributed by atoms with Gasteiger partial charge in [-0.25, -0.2) is 18.5 Å². The highest BCUT2D eigenvalue weighted by molar-refractivity contribution is 7.46. The van der Waals surface area contributed by atoms with E-state index in [1.54, 1.807) is 4.98 Å². The van der Waals surface area contributed by atoms with E-state index in [0.717, 1.165) is 12.3 Å². The lowest BCUT2D eigenvalue weighted by molar-refractivity contribution is -0.0534. The maximum Gasteiger partial charge on any atom is 0.470 e. The number of rotatable bonds is 8. The zero-order chi connectivity index (χ0) is 22.2. The van der Waals surface area contributed by atoms with Crippen LogP contribution in [-0.2, 0) is 32.0 Å². The molecule has 1 aromatic rings. The number of aromatic nitrogens is 2.